The SMILES string of the molecule is COc1ccc(CCNC(=O)C(CC(=O)O)NC(=O)[C@@H]2CCCN(C(=O)CCN3CCCCC3C(=O)OC(C)(C)C)C2)cc1. The lowest BCUT2D eigenvalue weighted by Gasteiger charge is -2.36. The molecule has 0 saturated carbocycles. The minimum Gasteiger partial charge on any atom is -0.497 e. The molecule has 0 radical (unpaired) electrons. The standard InChI is InChI=1S/C32H48N4O8/c1-32(2,3)44-31(42)26-9-5-6-17-35(26)19-15-27(37)36-18-7-8-23(21-36)29(40)34-25(20-28(38)39)30(41)33-16-14-22-10-12-24(43-4)13-11-22/h10-13,23,25-26H,5-9,14-21H2,1-4H3,(H,33,41)(H,34,40)(H,38,39)/t23-,25?,26?/m1/s1. The number of rotatable bonds is 13. The van der Waals surface area contributed by atoms with Gasteiger partial charge in [-0.2, -0.15) is 0 Å². The molecule has 44 heavy (non-hydrogen) atoms. The summed E-state index contributed by atoms with van der Waals surface area (Å²) in [5.41, 5.74) is 0.387. The molecule has 3 rings (SSSR count). The fourth-order valence-corrected chi connectivity index (χ4v) is 5.63. The van der Waals surface area contributed by atoms with Gasteiger partial charge in [-0.25, -0.2) is 0 Å². The normalized spacial score (nSPS) is 19.9. The number of likely N-dealkylation sites (tertiary alicyclic amines) is 2. The molecule has 0 spiro atoms. The number of benzene rings is 1. The van der Waals surface area contributed by atoms with Crippen LogP contribution in [0.3, 0.4) is 0 Å². The summed E-state index contributed by atoms with van der Waals surface area (Å²) in [7, 11) is 1.58. The summed E-state index contributed by atoms with van der Waals surface area (Å²) in [6.45, 7) is 7.64. The largest absolute Gasteiger partial charge is 0.497 e. The summed E-state index contributed by atoms with van der Waals surface area (Å²) in [6, 6.07) is 5.79. The van der Waals surface area contributed by atoms with E-state index in [4.69, 9.17) is 9.47 Å². The molecule has 2 aliphatic rings. The molecule has 2 aliphatic heterocycles. The molecule has 0 aliphatic carbocycles. The van der Waals surface area contributed by atoms with E-state index >= 15 is 0 Å². The van der Waals surface area contributed by atoms with Crippen LogP contribution in [0.15, 0.2) is 24.3 Å². The molecule has 0 aromatic heterocycles. The van der Waals surface area contributed by atoms with Crippen LogP contribution in [-0.4, -0.2) is 102 Å². The molecule has 0 bridgehead atoms. The van der Waals surface area contributed by atoms with Gasteiger partial charge in [-0.1, -0.05) is 18.6 Å². The molecule has 244 valence electrons. The lowest BCUT2D eigenvalue weighted by molar-refractivity contribution is -0.163. The number of carboxylic acids is 1. The van der Waals surface area contributed by atoms with Gasteiger partial charge >= 0.3 is 11.9 Å². The van der Waals surface area contributed by atoms with E-state index in [0.717, 1.165) is 30.7 Å². The Morgan fingerprint density at radius 3 is 2.41 bits per heavy atom. The third kappa shape index (κ3) is 11.1. The van der Waals surface area contributed by atoms with Crippen molar-refractivity contribution >= 4 is 29.7 Å². The van der Waals surface area contributed by atoms with Crippen LogP contribution >= 0.6 is 0 Å². The van der Waals surface area contributed by atoms with E-state index in [-0.39, 0.29) is 37.4 Å². The molecule has 1 aromatic rings. The Bertz CT molecular complexity index is 1150. The van der Waals surface area contributed by atoms with Gasteiger partial charge in [-0.15, -0.1) is 0 Å². The maximum atomic E-state index is 13.2. The Kier molecular flexibility index (Phi) is 13.0. The lowest BCUT2D eigenvalue weighted by Crippen LogP contribution is -2.53. The number of aliphatic carboxylic acids is 1. The van der Waals surface area contributed by atoms with Crippen molar-refractivity contribution in [2.75, 3.05) is 39.8 Å². The quantitative estimate of drug-likeness (QED) is 0.283. The van der Waals surface area contributed by atoms with Crippen molar-refractivity contribution in [3.63, 3.8) is 0 Å². The summed E-state index contributed by atoms with van der Waals surface area (Å²) in [6.07, 6.45) is 3.91. The number of hydrogen-bond donors (Lipinski definition) is 3. The minimum absolute atomic E-state index is 0.102. The average molecular weight is 617 g/mol. The first-order valence-corrected chi connectivity index (χ1v) is 15.5. The van der Waals surface area contributed by atoms with Crippen LogP contribution in [0.1, 0.15) is 71.3 Å². The highest BCUT2D eigenvalue weighted by molar-refractivity contribution is 5.91. The van der Waals surface area contributed by atoms with Gasteiger partial charge in [-0.3, -0.25) is 28.9 Å². The first-order chi connectivity index (χ1) is 20.9. The third-order valence-electron chi connectivity index (χ3n) is 7.93. The van der Waals surface area contributed by atoms with E-state index in [2.05, 4.69) is 10.6 Å². The highest BCUT2D eigenvalue weighted by Crippen LogP contribution is 2.22. The van der Waals surface area contributed by atoms with E-state index in [1.54, 1.807) is 12.0 Å². The van der Waals surface area contributed by atoms with Gasteiger partial charge in [0, 0.05) is 32.6 Å². The van der Waals surface area contributed by atoms with Crippen molar-refractivity contribution in [2.45, 2.75) is 89.8 Å². The number of amides is 3. The molecule has 2 heterocycles. The molecule has 3 amide bonds. The zero-order valence-corrected chi connectivity index (χ0v) is 26.4. The van der Waals surface area contributed by atoms with Gasteiger partial charge in [-0.05, 0) is 77.1 Å². The molecule has 12 heteroatoms. The second-order valence-corrected chi connectivity index (χ2v) is 12.6. The van der Waals surface area contributed by atoms with Crippen LogP contribution in [-0.2, 0) is 35.1 Å². The maximum absolute atomic E-state index is 13.2. The number of carbonyl (C=O) groups is 5. The number of piperidine rings is 2. The van der Waals surface area contributed by atoms with E-state index in [0.29, 0.717) is 38.8 Å². The van der Waals surface area contributed by atoms with Crippen LogP contribution in [0.25, 0.3) is 0 Å². The summed E-state index contributed by atoms with van der Waals surface area (Å²) < 4.78 is 10.7. The zero-order valence-electron chi connectivity index (χ0n) is 26.4. The number of nitrogens with one attached hydrogen (secondary N) is 2. The predicted molar refractivity (Wildman–Crippen MR) is 163 cm³/mol. The van der Waals surface area contributed by atoms with Crippen molar-refractivity contribution in [1.82, 2.24) is 20.4 Å². The van der Waals surface area contributed by atoms with Gasteiger partial charge in [0.05, 0.1) is 19.4 Å². The van der Waals surface area contributed by atoms with E-state index < -0.39 is 41.8 Å². The van der Waals surface area contributed by atoms with Gasteiger partial charge in [0.15, 0.2) is 0 Å². The fraction of sp³-hybridized carbons (Fsp3) is 0.656. The van der Waals surface area contributed by atoms with E-state index in [9.17, 15) is 29.1 Å². The molecule has 3 atom stereocenters. The smallest absolute Gasteiger partial charge is 0.323 e. The number of carbonyl (C=O) groups excluding carboxylic acids is 4. The Morgan fingerprint density at radius 1 is 1.02 bits per heavy atom. The first-order valence-electron chi connectivity index (χ1n) is 15.5. The Labute approximate surface area is 259 Å². The van der Waals surface area contributed by atoms with Crippen LogP contribution in [0.2, 0.25) is 0 Å². The summed E-state index contributed by atoms with van der Waals surface area (Å²) in [5, 5.41) is 14.7. The maximum Gasteiger partial charge on any atom is 0.323 e. The Hall–Kier alpha value is -3.67. The molecule has 3 N–H and O–H groups in total. The molecule has 12 nitrogen and oxygen atoms in total. The molecule has 2 fully saturated rings. The highest BCUT2D eigenvalue weighted by Gasteiger charge is 2.34. The van der Waals surface area contributed by atoms with Crippen molar-refractivity contribution in [3.05, 3.63) is 29.8 Å². The van der Waals surface area contributed by atoms with Gasteiger partial charge in [0.25, 0.3) is 0 Å². The minimum atomic E-state index is -1.23. The number of hydrogen-bond acceptors (Lipinski definition) is 8. The number of esters is 1. The van der Waals surface area contributed by atoms with Gasteiger partial charge in [0.1, 0.15) is 23.4 Å². The van der Waals surface area contributed by atoms with Gasteiger partial charge in [0.2, 0.25) is 17.7 Å². The highest BCUT2D eigenvalue weighted by atomic mass is 16.6. The molecule has 2 unspecified atom stereocenters. The fourth-order valence-electron chi connectivity index (χ4n) is 5.63. The monoisotopic (exact) mass is 616 g/mol. The number of ether oxygens (including phenoxy) is 2. The third-order valence-corrected chi connectivity index (χ3v) is 7.93. The van der Waals surface area contributed by atoms with E-state index in [1.807, 2.05) is 49.9 Å². The van der Waals surface area contributed by atoms with Crippen molar-refractivity contribution in [3.8, 4) is 5.75 Å². The second-order valence-electron chi connectivity index (χ2n) is 12.6. The lowest BCUT2D eigenvalue weighted by atomic mass is 9.96. The van der Waals surface area contributed by atoms with Crippen LogP contribution in [0, 0.1) is 5.92 Å². The Morgan fingerprint density at radius 2 is 1.75 bits per heavy atom. The van der Waals surface area contributed by atoms with Crippen molar-refractivity contribution < 1.29 is 38.6 Å². The summed E-state index contributed by atoms with van der Waals surface area (Å²) in [4.78, 5) is 67.1. The predicted octanol–water partition coefficient (Wildman–Crippen LogP) is 2.14. The molecular formula is C32H48N4O8. The van der Waals surface area contributed by atoms with Crippen LogP contribution in [0.4, 0.5) is 0 Å². The summed E-state index contributed by atoms with van der Waals surface area (Å²) in [5.74, 6) is -2.42. The number of nitrogens with zero attached hydrogens (tertiary/aromatic N) is 2. The number of carboxylic acid groups (broad SMARTS) is 1. The second kappa shape index (κ2) is 16.4. The van der Waals surface area contributed by atoms with E-state index in [1.165, 1.54) is 0 Å². The van der Waals surface area contributed by atoms with Crippen molar-refractivity contribution in [2.24, 2.45) is 5.92 Å². The topological polar surface area (TPSA) is 155 Å². The van der Waals surface area contributed by atoms with Crippen LogP contribution in [0.5, 0.6) is 5.75 Å². The number of methoxy groups -OCH3 is 1. The van der Waals surface area contributed by atoms with Gasteiger partial charge < -0.3 is 30.1 Å². The zero-order chi connectivity index (χ0) is 32.3. The molecule has 2 saturated heterocycles. The first kappa shape index (κ1) is 34.8. The van der Waals surface area contributed by atoms with Crippen molar-refractivity contribution in [1.29, 1.82) is 0 Å². The summed E-state index contributed by atoms with van der Waals surface area (Å²) >= 11 is 0. The van der Waals surface area contributed by atoms with Crippen LogP contribution < -0.4 is 15.4 Å². The Balaban J connectivity index is 1.50. The molecule has 1 aromatic carbocycles. The average Bonchev–Trinajstić information content (AvgIpc) is 2.99. The molecular weight excluding hydrogens is 568 g/mol.